The summed E-state index contributed by atoms with van der Waals surface area (Å²) in [6.07, 6.45) is -1.19. The van der Waals surface area contributed by atoms with Gasteiger partial charge in [-0.2, -0.15) is 0 Å². The van der Waals surface area contributed by atoms with Crippen molar-refractivity contribution >= 4 is 27.7 Å². The highest BCUT2D eigenvalue weighted by molar-refractivity contribution is 7.92. The van der Waals surface area contributed by atoms with Gasteiger partial charge in [-0.05, 0) is 32.9 Å². The van der Waals surface area contributed by atoms with Crippen LogP contribution in [0.2, 0.25) is 0 Å². The molecule has 0 saturated carbocycles. The highest BCUT2D eigenvalue weighted by atomic mass is 32.2. The van der Waals surface area contributed by atoms with E-state index in [1.165, 1.54) is 7.11 Å². The molecule has 0 bridgehead atoms. The van der Waals surface area contributed by atoms with Crippen molar-refractivity contribution in [2.45, 2.75) is 37.9 Å². The van der Waals surface area contributed by atoms with Crippen LogP contribution in [0.15, 0.2) is 41.6 Å². The maximum Gasteiger partial charge on any atom is 0.355 e. The van der Waals surface area contributed by atoms with E-state index in [1.807, 2.05) is 0 Å². The fraction of sp³-hybridized carbons (Fsp3) is 0.450. The summed E-state index contributed by atoms with van der Waals surface area (Å²) in [4.78, 5) is 38.5. The van der Waals surface area contributed by atoms with Crippen molar-refractivity contribution in [3.05, 3.63) is 47.2 Å². The second-order valence-electron chi connectivity index (χ2n) is 7.96. The number of hydrogen-bond donors (Lipinski definition) is 0. The third-order valence-corrected chi connectivity index (χ3v) is 6.49. The van der Waals surface area contributed by atoms with Crippen molar-refractivity contribution in [1.29, 1.82) is 0 Å². The topological polar surface area (TPSA) is 116 Å². The number of fused-ring (bicyclic) bond motifs is 1. The summed E-state index contributed by atoms with van der Waals surface area (Å²) in [7, 11) is -2.64. The quantitative estimate of drug-likeness (QED) is 0.496. The Labute approximate surface area is 174 Å². The summed E-state index contributed by atoms with van der Waals surface area (Å²) in [6, 6.07) is 8.13. The Morgan fingerprint density at radius 3 is 2.33 bits per heavy atom. The van der Waals surface area contributed by atoms with Crippen molar-refractivity contribution in [3.63, 3.8) is 0 Å². The Morgan fingerprint density at radius 1 is 1.13 bits per heavy atom. The molecule has 162 valence electrons. The second kappa shape index (κ2) is 7.84. The zero-order valence-corrected chi connectivity index (χ0v) is 17.9. The zero-order valence-electron chi connectivity index (χ0n) is 17.1. The molecule has 0 radical (unpaired) electrons. The fourth-order valence-electron chi connectivity index (χ4n) is 3.30. The summed E-state index contributed by atoms with van der Waals surface area (Å²) >= 11 is 0. The maximum atomic E-state index is 12.8. The van der Waals surface area contributed by atoms with Crippen LogP contribution in [0.4, 0.5) is 0 Å². The van der Waals surface area contributed by atoms with Gasteiger partial charge in [0.05, 0.1) is 11.3 Å². The number of methoxy groups -OCH3 is 1. The van der Waals surface area contributed by atoms with Crippen LogP contribution in [0.5, 0.6) is 0 Å². The maximum absolute atomic E-state index is 12.8. The number of benzene rings is 1. The molecule has 3 rings (SSSR count). The largest absolute Gasteiger partial charge is 0.457 e. The molecule has 2 heterocycles. The molecule has 9 nitrogen and oxygen atoms in total. The number of carbonyl (C=O) groups excluding carboxylic acids is 3. The smallest absolute Gasteiger partial charge is 0.355 e. The first-order valence-corrected chi connectivity index (χ1v) is 10.9. The van der Waals surface area contributed by atoms with E-state index in [0.717, 1.165) is 4.90 Å². The second-order valence-corrected chi connectivity index (χ2v) is 10.1. The molecule has 10 heteroatoms. The van der Waals surface area contributed by atoms with Crippen LogP contribution in [-0.4, -0.2) is 67.7 Å². The number of carbonyl (C=O) groups is 3. The predicted molar refractivity (Wildman–Crippen MR) is 105 cm³/mol. The molecular weight excluding hydrogens is 414 g/mol. The minimum Gasteiger partial charge on any atom is -0.457 e. The molecule has 2 aliphatic rings. The van der Waals surface area contributed by atoms with Crippen LogP contribution in [0.1, 0.15) is 31.1 Å². The molecule has 0 aromatic heterocycles. The number of sulfone groups is 1. The van der Waals surface area contributed by atoms with Gasteiger partial charge >= 0.3 is 11.9 Å². The number of rotatable bonds is 5. The van der Waals surface area contributed by atoms with Gasteiger partial charge in [-0.3, -0.25) is 9.69 Å². The fourth-order valence-corrected chi connectivity index (χ4v) is 5.31. The van der Waals surface area contributed by atoms with Crippen LogP contribution < -0.4 is 0 Å². The minimum atomic E-state index is -3.87. The van der Waals surface area contributed by atoms with Crippen molar-refractivity contribution in [2.24, 2.45) is 0 Å². The summed E-state index contributed by atoms with van der Waals surface area (Å²) in [5.41, 5.74) is -0.847. The normalized spacial score (nSPS) is 22.8. The number of esters is 2. The van der Waals surface area contributed by atoms with Crippen LogP contribution >= 0.6 is 0 Å². The molecule has 0 spiro atoms. The van der Waals surface area contributed by atoms with Gasteiger partial charge in [0.25, 0.3) is 5.91 Å². The van der Waals surface area contributed by atoms with Crippen molar-refractivity contribution in [2.75, 3.05) is 19.5 Å². The SMILES string of the molecule is CO[C@H]1C(=O)N2C(C(=O)OC(C)(C)C)=C(COC(=O)c3ccccc3)CS(=O)(=O)C12. The molecule has 1 aromatic rings. The van der Waals surface area contributed by atoms with Gasteiger partial charge < -0.3 is 14.2 Å². The lowest BCUT2D eigenvalue weighted by molar-refractivity contribution is -0.167. The molecule has 1 saturated heterocycles. The summed E-state index contributed by atoms with van der Waals surface area (Å²) in [5.74, 6) is -2.77. The van der Waals surface area contributed by atoms with Gasteiger partial charge in [0.2, 0.25) is 0 Å². The van der Waals surface area contributed by atoms with Gasteiger partial charge in [0, 0.05) is 12.7 Å². The van der Waals surface area contributed by atoms with Crippen LogP contribution in [0.3, 0.4) is 0 Å². The predicted octanol–water partition coefficient (Wildman–Crippen LogP) is 1.05. The van der Waals surface area contributed by atoms with Crippen LogP contribution in [0, 0.1) is 0 Å². The standard InChI is InChI=1S/C20H23NO8S/c1-20(2,3)29-19(24)14-13(10-28-18(23)12-8-6-5-7-9-12)11-30(25,26)17-15(27-4)16(22)21(14)17/h5-9,15,17H,10-11H2,1-4H3/t15-,17?/m0/s1. The van der Waals surface area contributed by atoms with E-state index in [9.17, 15) is 22.8 Å². The third kappa shape index (κ3) is 4.10. The molecule has 2 atom stereocenters. The molecule has 30 heavy (non-hydrogen) atoms. The Kier molecular flexibility index (Phi) is 5.74. The lowest BCUT2D eigenvalue weighted by Gasteiger charge is -2.48. The average molecular weight is 437 g/mol. The van der Waals surface area contributed by atoms with E-state index in [-0.39, 0.29) is 16.8 Å². The summed E-state index contributed by atoms with van der Waals surface area (Å²) in [6.45, 7) is 4.46. The number of nitrogens with zero attached hydrogens (tertiary/aromatic N) is 1. The molecule has 0 aliphatic carbocycles. The molecule has 1 amide bonds. The van der Waals surface area contributed by atoms with Crippen molar-refractivity contribution in [3.8, 4) is 0 Å². The van der Waals surface area contributed by atoms with E-state index in [4.69, 9.17) is 14.2 Å². The van der Waals surface area contributed by atoms with Gasteiger partial charge in [-0.1, -0.05) is 18.2 Å². The molecule has 1 unspecified atom stereocenters. The van der Waals surface area contributed by atoms with Gasteiger partial charge in [0.1, 0.15) is 17.9 Å². The first-order chi connectivity index (χ1) is 14.0. The van der Waals surface area contributed by atoms with Crippen molar-refractivity contribution in [1.82, 2.24) is 4.90 Å². The number of ether oxygens (including phenoxy) is 3. The highest BCUT2D eigenvalue weighted by Gasteiger charge is 2.61. The monoisotopic (exact) mass is 437 g/mol. The molecule has 2 aliphatic heterocycles. The molecular formula is C20H23NO8S. The molecule has 0 N–H and O–H groups in total. The molecule has 1 fully saturated rings. The van der Waals surface area contributed by atoms with E-state index in [2.05, 4.69) is 0 Å². The summed E-state index contributed by atoms with van der Waals surface area (Å²) < 4.78 is 41.1. The Hall–Kier alpha value is -2.72. The minimum absolute atomic E-state index is 0.0207. The average Bonchev–Trinajstić information content (AvgIpc) is 2.65. The van der Waals surface area contributed by atoms with Crippen LogP contribution in [0.25, 0.3) is 0 Å². The van der Waals surface area contributed by atoms with Gasteiger partial charge in [-0.15, -0.1) is 0 Å². The summed E-state index contributed by atoms with van der Waals surface area (Å²) in [5, 5.41) is -1.31. The van der Waals surface area contributed by atoms with E-state index >= 15 is 0 Å². The number of amides is 1. The first-order valence-electron chi connectivity index (χ1n) is 9.21. The zero-order chi connectivity index (χ0) is 22.3. The van der Waals surface area contributed by atoms with E-state index in [0.29, 0.717) is 0 Å². The lowest BCUT2D eigenvalue weighted by Crippen LogP contribution is -2.70. The number of hydrogen-bond acceptors (Lipinski definition) is 8. The van der Waals surface area contributed by atoms with Gasteiger partial charge in [0.15, 0.2) is 21.3 Å². The Balaban J connectivity index is 1.96. The Bertz CT molecular complexity index is 1010. The van der Waals surface area contributed by atoms with E-state index < -0.39 is 57.1 Å². The lowest BCUT2D eigenvalue weighted by atomic mass is 10.0. The first kappa shape index (κ1) is 22.0. The van der Waals surface area contributed by atoms with Gasteiger partial charge in [-0.25, -0.2) is 18.0 Å². The highest BCUT2D eigenvalue weighted by Crippen LogP contribution is 2.38. The van der Waals surface area contributed by atoms with Crippen LogP contribution in [-0.2, 0) is 33.6 Å². The van der Waals surface area contributed by atoms with Crippen molar-refractivity contribution < 1.29 is 37.0 Å². The number of β-lactam (4-membered cyclic amide) rings is 1. The Morgan fingerprint density at radius 2 is 1.77 bits per heavy atom. The molecule has 1 aromatic carbocycles. The van der Waals surface area contributed by atoms with E-state index in [1.54, 1.807) is 51.1 Å². The third-order valence-electron chi connectivity index (χ3n) is 4.55.